The molecule has 1 saturated heterocycles. The Labute approximate surface area is 137 Å². The number of rotatable bonds is 4. The third-order valence-corrected chi connectivity index (χ3v) is 4.58. The summed E-state index contributed by atoms with van der Waals surface area (Å²) in [5.74, 6) is 1.25. The fourth-order valence-electron chi connectivity index (χ4n) is 3.52. The molecule has 0 radical (unpaired) electrons. The van der Waals surface area contributed by atoms with E-state index in [4.69, 9.17) is 0 Å². The minimum atomic E-state index is 0.361. The number of aromatic nitrogens is 2. The number of pyridine rings is 2. The molecule has 1 aliphatic rings. The molecule has 3 rings (SSSR count). The molecule has 1 fully saturated rings. The van der Waals surface area contributed by atoms with E-state index in [2.05, 4.69) is 39.0 Å². The third kappa shape index (κ3) is 3.17. The van der Waals surface area contributed by atoms with Crippen LogP contribution in [0.2, 0.25) is 0 Å². The molecule has 2 aromatic rings. The van der Waals surface area contributed by atoms with Gasteiger partial charge in [0.2, 0.25) is 0 Å². The zero-order valence-electron chi connectivity index (χ0n) is 13.6. The first-order valence-electron chi connectivity index (χ1n) is 7.87. The molecule has 0 spiro atoms. The topological polar surface area (TPSA) is 56.1 Å². The Balaban J connectivity index is 1.80. The van der Waals surface area contributed by atoms with E-state index in [1.54, 1.807) is 12.3 Å². The molecule has 23 heavy (non-hydrogen) atoms. The molecule has 0 saturated carbocycles. The number of hydrogen-bond acceptors (Lipinski definition) is 5. The molecule has 5 heteroatoms. The van der Waals surface area contributed by atoms with Crippen LogP contribution in [0.3, 0.4) is 0 Å². The van der Waals surface area contributed by atoms with Gasteiger partial charge in [-0.3, -0.25) is 9.88 Å². The predicted molar refractivity (Wildman–Crippen MR) is 89.9 cm³/mol. The van der Waals surface area contributed by atoms with Gasteiger partial charge in [0.25, 0.3) is 0 Å². The van der Waals surface area contributed by atoms with E-state index in [1.165, 1.54) is 5.56 Å². The van der Waals surface area contributed by atoms with Crippen molar-refractivity contribution >= 4 is 5.82 Å². The van der Waals surface area contributed by atoms with Crippen LogP contribution in [0.15, 0.2) is 42.9 Å². The maximum atomic E-state index is 9.27. The van der Waals surface area contributed by atoms with Gasteiger partial charge in [0.05, 0.1) is 5.56 Å². The lowest BCUT2D eigenvalue weighted by atomic mass is 9.94. The Bertz CT molecular complexity index is 694. The van der Waals surface area contributed by atoms with Gasteiger partial charge in [0.15, 0.2) is 0 Å². The van der Waals surface area contributed by atoms with E-state index in [1.807, 2.05) is 31.6 Å². The predicted octanol–water partition coefficient (Wildman–Crippen LogP) is 2.48. The molecular weight excluding hydrogens is 286 g/mol. The molecule has 3 heterocycles. The van der Waals surface area contributed by atoms with Crippen molar-refractivity contribution in [2.45, 2.75) is 12.5 Å². The van der Waals surface area contributed by atoms with Gasteiger partial charge >= 0.3 is 0 Å². The Morgan fingerprint density at radius 3 is 2.91 bits per heavy atom. The van der Waals surface area contributed by atoms with Crippen LogP contribution in [0.4, 0.5) is 5.82 Å². The van der Waals surface area contributed by atoms with Crippen LogP contribution >= 0.6 is 0 Å². The Kier molecular flexibility index (Phi) is 4.54. The minimum Gasteiger partial charge on any atom is -0.358 e. The summed E-state index contributed by atoms with van der Waals surface area (Å²) < 4.78 is 0. The first-order chi connectivity index (χ1) is 11.2. The standard InChI is InChI=1S/C18H21N5/c1-22-10-7-16(17(22)15-6-3-8-20-12-15)13-23(2)18-14(11-19)5-4-9-21-18/h3-6,8-9,12,16-17H,7,10,13H2,1-2H3/t16-,17-/m0/s1. The van der Waals surface area contributed by atoms with Crippen LogP contribution in [0.25, 0.3) is 0 Å². The van der Waals surface area contributed by atoms with Gasteiger partial charge in [0.1, 0.15) is 11.9 Å². The lowest BCUT2D eigenvalue weighted by Crippen LogP contribution is -2.31. The van der Waals surface area contributed by atoms with Gasteiger partial charge in [-0.25, -0.2) is 4.98 Å². The van der Waals surface area contributed by atoms with E-state index >= 15 is 0 Å². The van der Waals surface area contributed by atoms with E-state index in [0.717, 1.165) is 25.3 Å². The van der Waals surface area contributed by atoms with Crippen molar-refractivity contribution in [3.8, 4) is 6.07 Å². The largest absolute Gasteiger partial charge is 0.358 e. The third-order valence-electron chi connectivity index (χ3n) is 4.58. The number of hydrogen-bond donors (Lipinski definition) is 0. The summed E-state index contributed by atoms with van der Waals surface area (Å²) >= 11 is 0. The van der Waals surface area contributed by atoms with Gasteiger partial charge in [-0.05, 0) is 49.7 Å². The molecule has 0 N–H and O–H groups in total. The van der Waals surface area contributed by atoms with Crippen LogP contribution in [-0.4, -0.2) is 42.1 Å². The summed E-state index contributed by atoms with van der Waals surface area (Å²) in [6.07, 6.45) is 6.65. The highest BCUT2D eigenvalue weighted by Crippen LogP contribution is 2.36. The number of likely N-dealkylation sites (tertiary alicyclic amines) is 1. The molecule has 2 aromatic heterocycles. The van der Waals surface area contributed by atoms with Crippen molar-refractivity contribution in [2.24, 2.45) is 5.92 Å². The van der Waals surface area contributed by atoms with E-state index in [0.29, 0.717) is 17.5 Å². The van der Waals surface area contributed by atoms with E-state index in [-0.39, 0.29) is 0 Å². The molecule has 0 aromatic carbocycles. The van der Waals surface area contributed by atoms with E-state index in [9.17, 15) is 5.26 Å². The summed E-state index contributed by atoms with van der Waals surface area (Å²) in [6.45, 7) is 1.95. The average molecular weight is 307 g/mol. The Morgan fingerprint density at radius 2 is 2.17 bits per heavy atom. The van der Waals surface area contributed by atoms with Crippen LogP contribution in [0.1, 0.15) is 23.6 Å². The van der Waals surface area contributed by atoms with Gasteiger partial charge in [-0.15, -0.1) is 0 Å². The monoisotopic (exact) mass is 307 g/mol. The molecule has 0 aliphatic carbocycles. The molecule has 118 valence electrons. The Hall–Kier alpha value is -2.45. The quantitative estimate of drug-likeness (QED) is 0.868. The van der Waals surface area contributed by atoms with Gasteiger partial charge in [0, 0.05) is 38.2 Å². The van der Waals surface area contributed by atoms with Crippen molar-refractivity contribution in [1.29, 1.82) is 5.26 Å². The second-order valence-corrected chi connectivity index (χ2v) is 6.13. The van der Waals surface area contributed by atoms with Crippen molar-refractivity contribution < 1.29 is 0 Å². The molecule has 1 aliphatic heterocycles. The smallest absolute Gasteiger partial charge is 0.146 e. The second-order valence-electron chi connectivity index (χ2n) is 6.13. The van der Waals surface area contributed by atoms with Crippen molar-refractivity contribution in [3.63, 3.8) is 0 Å². The lowest BCUT2D eigenvalue weighted by molar-refractivity contribution is 0.278. The van der Waals surface area contributed by atoms with Crippen molar-refractivity contribution in [3.05, 3.63) is 54.0 Å². The van der Waals surface area contributed by atoms with E-state index < -0.39 is 0 Å². The van der Waals surface area contributed by atoms with Gasteiger partial charge in [-0.2, -0.15) is 5.26 Å². The highest BCUT2D eigenvalue weighted by Gasteiger charge is 2.34. The molecule has 5 nitrogen and oxygen atoms in total. The summed E-state index contributed by atoms with van der Waals surface area (Å²) in [5, 5.41) is 9.27. The minimum absolute atomic E-state index is 0.361. The first kappa shape index (κ1) is 15.4. The Morgan fingerprint density at radius 1 is 1.35 bits per heavy atom. The molecule has 0 bridgehead atoms. The van der Waals surface area contributed by atoms with Crippen LogP contribution < -0.4 is 4.90 Å². The van der Waals surface area contributed by atoms with Crippen LogP contribution in [-0.2, 0) is 0 Å². The first-order valence-corrected chi connectivity index (χ1v) is 7.87. The van der Waals surface area contributed by atoms with Crippen molar-refractivity contribution in [1.82, 2.24) is 14.9 Å². The van der Waals surface area contributed by atoms with Crippen molar-refractivity contribution in [2.75, 3.05) is 32.1 Å². The summed E-state index contributed by atoms with van der Waals surface area (Å²) in [7, 11) is 4.18. The van der Waals surface area contributed by atoms with Gasteiger partial charge in [-0.1, -0.05) is 6.07 Å². The molecule has 0 amide bonds. The summed E-state index contributed by atoms with van der Waals surface area (Å²) in [4.78, 5) is 13.1. The maximum absolute atomic E-state index is 9.27. The normalized spacial score (nSPS) is 21.1. The fraction of sp³-hybridized carbons (Fsp3) is 0.389. The van der Waals surface area contributed by atoms with Gasteiger partial charge < -0.3 is 4.90 Å². The molecular formula is C18H21N5. The number of nitrogens with zero attached hydrogens (tertiary/aromatic N) is 5. The average Bonchev–Trinajstić information content (AvgIpc) is 2.96. The highest BCUT2D eigenvalue weighted by atomic mass is 15.2. The van der Waals surface area contributed by atoms with Crippen LogP contribution in [0.5, 0.6) is 0 Å². The zero-order valence-corrected chi connectivity index (χ0v) is 13.6. The number of anilines is 1. The molecule has 2 atom stereocenters. The summed E-state index contributed by atoms with van der Waals surface area (Å²) in [6, 6.07) is 10.4. The maximum Gasteiger partial charge on any atom is 0.146 e. The SMILES string of the molecule is CN(C[C@@H]1CCN(C)[C@H]1c1cccnc1)c1ncccc1C#N. The highest BCUT2D eigenvalue weighted by molar-refractivity contribution is 5.52. The fourth-order valence-corrected chi connectivity index (χ4v) is 3.52. The lowest BCUT2D eigenvalue weighted by Gasteiger charge is -2.29. The zero-order chi connectivity index (χ0) is 16.2. The van der Waals surface area contributed by atoms with Crippen LogP contribution in [0, 0.1) is 17.2 Å². The second kappa shape index (κ2) is 6.76. The number of nitriles is 1. The summed E-state index contributed by atoms with van der Waals surface area (Å²) in [5.41, 5.74) is 1.88. The molecule has 0 unspecified atom stereocenters.